The summed E-state index contributed by atoms with van der Waals surface area (Å²) in [6.45, 7) is 2.71. The van der Waals surface area contributed by atoms with E-state index in [1.807, 2.05) is 0 Å². The Morgan fingerprint density at radius 1 is 1.38 bits per heavy atom. The number of halogens is 1. The summed E-state index contributed by atoms with van der Waals surface area (Å²) in [4.78, 5) is 28.8. The van der Waals surface area contributed by atoms with Gasteiger partial charge in [-0.05, 0) is 25.5 Å². The molecular weight excluding hydrogens is 330 g/mol. The lowest BCUT2D eigenvalue weighted by molar-refractivity contribution is -0.121. The van der Waals surface area contributed by atoms with Crippen molar-refractivity contribution >= 4 is 17.5 Å². The zero-order valence-electron chi connectivity index (χ0n) is 13.7. The highest BCUT2D eigenvalue weighted by Gasteiger charge is 2.13. The van der Waals surface area contributed by atoms with Crippen molar-refractivity contribution in [2.45, 2.75) is 19.9 Å². The quantitative estimate of drug-likeness (QED) is 0.776. The number of rotatable bonds is 7. The van der Waals surface area contributed by atoms with Crippen LogP contribution in [-0.2, 0) is 16.1 Å². The second-order valence-electron chi connectivity index (χ2n) is 5.35. The molecule has 0 unspecified atom stereocenters. The fourth-order valence-electron chi connectivity index (χ4n) is 2.27. The van der Waals surface area contributed by atoms with Gasteiger partial charge >= 0.3 is 0 Å². The largest absolute Gasteiger partial charge is 0.385 e. The normalized spacial score (nSPS) is 10.6. The molecule has 0 spiro atoms. The van der Waals surface area contributed by atoms with Crippen molar-refractivity contribution in [3.63, 3.8) is 0 Å². The van der Waals surface area contributed by atoms with E-state index in [4.69, 9.17) is 16.3 Å². The monoisotopic (exact) mass is 349 g/mol. The molecule has 1 aromatic carbocycles. The lowest BCUT2D eigenvalue weighted by atomic mass is 10.2. The Morgan fingerprint density at radius 3 is 2.88 bits per heavy atom. The van der Waals surface area contributed by atoms with E-state index in [0.717, 1.165) is 0 Å². The second-order valence-corrected chi connectivity index (χ2v) is 5.79. The van der Waals surface area contributed by atoms with Crippen LogP contribution in [0.3, 0.4) is 0 Å². The van der Waals surface area contributed by atoms with E-state index in [-0.39, 0.29) is 18.0 Å². The Hall–Kier alpha value is -2.18. The number of nitrogens with zero attached hydrogens (tertiary/aromatic N) is 2. The molecule has 2 aromatic rings. The third-order valence-corrected chi connectivity index (χ3v) is 3.60. The molecule has 1 heterocycles. The van der Waals surface area contributed by atoms with Gasteiger partial charge in [0.25, 0.3) is 5.56 Å². The summed E-state index contributed by atoms with van der Waals surface area (Å²) in [5.74, 6) is 0.177. The molecule has 0 saturated heterocycles. The minimum Gasteiger partial charge on any atom is -0.385 e. The van der Waals surface area contributed by atoms with E-state index in [1.54, 1.807) is 38.3 Å². The maximum atomic E-state index is 12.3. The number of methoxy groups -OCH3 is 1. The highest BCUT2D eigenvalue weighted by atomic mass is 35.5. The molecule has 6 nitrogen and oxygen atoms in total. The number of hydrogen-bond acceptors (Lipinski definition) is 4. The molecule has 1 aromatic heterocycles. The fourth-order valence-corrected chi connectivity index (χ4v) is 2.46. The Bertz CT molecular complexity index is 774. The molecule has 128 valence electrons. The third kappa shape index (κ3) is 4.91. The van der Waals surface area contributed by atoms with E-state index in [9.17, 15) is 9.59 Å². The van der Waals surface area contributed by atoms with Gasteiger partial charge in [0, 0.05) is 42.6 Å². The van der Waals surface area contributed by atoms with Crippen molar-refractivity contribution in [3.05, 3.63) is 51.4 Å². The lowest BCUT2D eigenvalue weighted by Crippen LogP contribution is -2.34. The SMILES string of the molecule is COCCCNC(=O)Cn1c(-c2cccc(Cl)c2)nc(C)cc1=O. The van der Waals surface area contributed by atoms with Crippen LogP contribution >= 0.6 is 11.6 Å². The van der Waals surface area contributed by atoms with Crippen molar-refractivity contribution in [1.82, 2.24) is 14.9 Å². The first-order valence-electron chi connectivity index (χ1n) is 7.61. The maximum absolute atomic E-state index is 12.3. The maximum Gasteiger partial charge on any atom is 0.254 e. The summed E-state index contributed by atoms with van der Waals surface area (Å²) >= 11 is 6.02. The average Bonchev–Trinajstić information content (AvgIpc) is 2.54. The topological polar surface area (TPSA) is 73.2 Å². The fraction of sp³-hybridized carbons (Fsp3) is 0.353. The molecule has 7 heteroatoms. The smallest absolute Gasteiger partial charge is 0.254 e. The first-order valence-corrected chi connectivity index (χ1v) is 7.99. The number of ether oxygens (including phenoxy) is 1. The summed E-state index contributed by atoms with van der Waals surface area (Å²) in [6, 6.07) is 8.45. The van der Waals surface area contributed by atoms with Gasteiger partial charge in [0.1, 0.15) is 12.4 Å². The number of nitrogens with one attached hydrogen (secondary N) is 1. The van der Waals surface area contributed by atoms with Crippen LogP contribution in [0.15, 0.2) is 35.1 Å². The predicted molar refractivity (Wildman–Crippen MR) is 93.2 cm³/mol. The highest BCUT2D eigenvalue weighted by Crippen LogP contribution is 2.20. The predicted octanol–water partition coefficient (Wildman–Crippen LogP) is 2.02. The van der Waals surface area contributed by atoms with Gasteiger partial charge in [-0.3, -0.25) is 14.2 Å². The summed E-state index contributed by atoms with van der Waals surface area (Å²) in [7, 11) is 1.61. The molecule has 0 bridgehead atoms. The number of carbonyl (C=O) groups excluding carboxylic acids is 1. The number of benzene rings is 1. The third-order valence-electron chi connectivity index (χ3n) is 3.37. The molecule has 0 radical (unpaired) electrons. The Labute approximate surface area is 145 Å². The first-order chi connectivity index (χ1) is 11.5. The Balaban J connectivity index is 2.26. The van der Waals surface area contributed by atoms with Crippen LogP contribution in [0.4, 0.5) is 0 Å². The van der Waals surface area contributed by atoms with Gasteiger partial charge in [0.2, 0.25) is 5.91 Å². The number of hydrogen-bond donors (Lipinski definition) is 1. The van der Waals surface area contributed by atoms with Crippen molar-refractivity contribution in [2.24, 2.45) is 0 Å². The van der Waals surface area contributed by atoms with E-state index in [1.165, 1.54) is 10.6 Å². The van der Waals surface area contributed by atoms with E-state index in [0.29, 0.717) is 41.7 Å². The van der Waals surface area contributed by atoms with Gasteiger partial charge in [-0.1, -0.05) is 23.7 Å². The van der Waals surface area contributed by atoms with E-state index in [2.05, 4.69) is 10.3 Å². The molecule has 1 amide bonds. The van der Waals surface area contributed by atoms with Crippen LogP contribution in [0, 0.1) is 6.92 Å². The standard InChI is InChI=1S/C17H20ClN3O3/c1-12-9-16(23)21(11-15(22)19-7-4-8-24-2)17(20-12)13-5-3-6-14(18)10-13/h3,5-6,9-10H,4,7-8,11H2,1-2H3,(H,19,22). The molecule has 0 fully saturated rings. The van der Waals surface area contributed by atoms with Crippen molar-refractivity contribution < 1.29 is 9.53 Å². The van der Waals surface area contributed by atoms with Crippen LogP contribution < -0.4 is 10.9 Å². The summed E-state index contributed by atoms with van der Waals surface area (Å²) in [6.07, 6.45) is 0.713. The molecular formula is C17H20ClN3O3. The second kappa shape index (κ2) is 8.61. The summed E-state index contributed by atoms with van der Waals surface area (Å²) < 4.78 is 6.28. The number of aromatic nitrogens is 2. The highest BCUT2D eigenvalue weighted by molar-refractivity contribution is 6.30. The van der Waals surface area contributed by atoms with Crippen LogP contribution in [0.2, 0.25) is 5.02 Å². The van der Waals surface area contributed by atoms with Crippen LogP contribution in [0.25, 0.3) is 11.4 Å². The van der Waals surface area contributed by atoms with Gasteiger partial charge in [-0.2, -0.15) is 0 Å². The number of carbonyl (C=O) groups is 1. The zero-order valence-corrected chi connectivity index (χ0v) is 14.5. The van der Waals surface area contributed by atoms with Crippen molar-refractivity contribution in [2.75, 3.05) is 20.3 Å². The first kappa shape index (κ1) is 18.2. The van der Waals surface area contributed by atoms with Crippen LogP contribution in [0.1, 0.15) is 12.1 Å². The van der Waals surface area contributed by atoms with Gasteiger partial charge in [-0.15, -0.1) is 0 Å². The molecule has 0 aliphatic heterocycles. The zero-order chi connectivity index (χ0) is 17.5. The minimum atomic E-state index is -0.274. The van der Waals surface area contributed by atoms with Crippen molar-refractivity contribution in [3.8, 4) is 11.4 Å². The molecule has 24 heavy (non-hydrogen) atoms. The van der Waals surface area contributed by atoms with Crippen LogP contribution in [-0.4, -0.2) is 35.7 Å². The molecule has 0 atom stereocenters. The molecule has 0 saturated carbocycles. The van der Waals surface area contributed by atoms with Gasteiger partial charge in [0.15, 0.2) is 0 Å². The van der Waals surface area contributed by atoms with Crippen LogP contribution in [0.5, 0.6) is 0 Å². The Kier molecular flexibility index (Phi) is 6.52. The van der Waals surface area contributed by atoms with Gasteiger partial charge in [0.05, 0.1) is 0 Å². The molecule has 2 rings (SSSR count). The van der Waals surface area contributed by atoms with Crippen molar-refractivity contribution in [1.29, 1.82) is 0 Å². The average molecular weight is 350 g/mol. The number of amides is 1. The number of aryl methyl sites for hydroxylation is 1. The van der Waals surface area contributed by atoms with Gasteiger partial charge in [-0.25, -0.2) is 4.98 Å². The summed E-state index contributed by atoms with van der Waals surface area (Å²) in [5, 5.41) is 3.31. The Morgan fingerprint density at radius 2 is 2.17 bits per heavy atom. The summed E-state index contributed by atoms with van der Waals surface area (Å²) in [5.41, 5.74) is 1.01. The molecule has 1 N–H and O–H groups in total. The van der Waals surface area contributed by atoms with E-state index >= 15 is 0 Å². The van der Waals surface area contributed by atoms with E-state index < -0.39 is 0 Å². The minimum absolute atomic E-state index is 0.0963. The molecule has 0 aliphatic carbocycles. The molecule has 0 aliphatic rings. The lowest BCUT2D eigenvalue weighted by Gasteiger charge is -2.13. The van der Waals surface area contributed by atoms with Gasteiger partial charge < -0.3 is 10.1 Å².